The van der Waals surface area contributed by atoms with Crippen molar-refractivity contribution in [2.45, 2.75) is 18.8 Å². The highest BCUT2D eigenvalue weighted by Gasteiger charge is 2.19. The number of furan rings is 1. The Hall–Kier alpha value is -1.35. The standard InChI is InChI=1S/C12H14N2O/c1-4-13-5-2-9(1)11-8-15-12-3-6-14-7-10(11)12/h3,6-9,13H,1-2,4-5H2. The van der Waals surface area contributed by atoms with E-state index in [1.807, 2.05) is 18.5 Å². The molecule has 1 aliphatic rings. The molecule has 0 aromatic carbocycles. The highest BCUT2D eigenvalue weighted by molar-refractivity contribution is 5.80. The van der Waals surface area contributed by atoms with E-state index in [1.165, 1.54) is 23.8 Å². The first-order valence-corrected chi connectivity index (χ1v) is 5.47. The van der Waals surface area contributed by atoms with Crippen LogP contribution in [0.2, 0.25) is 0 Å². The van der Waals surface area contributed by atoms with Crippen LogP contribution in [-0.4, -0.2) is 18.1 Å². The quantitative estimate of drug-likeness (QED) is 0.771. The van der Waals surface area contributed by atoms with Gasteiger partial charge < -0.3 is 9.73 Å². The molecule has 0 radical (unpaired) electrons. The monoisotopic (exact) mass is 202 g/mol. The first-order chi connectivity index (χ1) is 7.45. The van der Waals surface area contributed by atoms with Crippen molar-refractivity contribution in [2.24, 2.45) is 0 Å². The molecule has 15 heavy (non-hydrogen) atoms. The van der Waals surface area contributed by atoms with Crippen molar-refractivity contribution in [2.75, 3.05) is 13.1 Å². The normalized spacial score (nSPS) is 18.4. The van der Waals surface area contributed by atoms with Gasteiger partial charge in [-0.1, -0.05) is 0 Å². The molecular formula is C12H14N2O. The predicted molar refractivity (Wildman–Crippen MR) is 58.9 cm³/mol. The van der Waals surface area contributed by atoms with E-state index in [0.717, 1.165) is 18.7 Å². The molecule has 0 bridgehead atoms. The van der Waals surface area contributed by atoms with Gasteiger partial charge in [0.1, 0.15) is 5.58 Å². The highest BCUT2D eigenvalue weighted by atomic mass is 16.3. The number of hydrogen-bond donors (Lipinski definition) is 1. The van der Waals surface area contributed by atoms with Gasteiger partial charge in [-0.3, -0.25) is 4.98 Å². The summed E-state index contributed by atoms with van der Waals surface area (Å²) < 4.78 is 5.54. The van der Waals surface area contributed by atoms with Crippen LogP contribution in [0.25, 0.3) is 11.0 Å². The molecular weight excluding hydrogens is 188 g/mol. The summed E-state index contributed by atoms with van der Waals surface area (Å²) in [6, 6.07) is 1.93. The zero-order valence-corrected chi connectivity index (χ0v) is 8.57. The minimum absolute atomic E-state index is 0.636. The average Bonchev–Trinajstić information content (AvgIpc) is 2.74. The van der Waals surface area contributed by atoms with Crippen LogP contribution in [0.1, 0.15) is 24.3 Å². The fraction of sp³-hybridized carbons (Fsp3) is 0.417. The van der Waals surface area contributed by atoms with Crippen molar-refractivity contribution in [1.82, 2.24) is 10.3 Å². The van der Waals surface area contributed by atoms with Crippen molar-refractivity contribution < 1.29 is 4.42 Å². The number of piperidine rings is 1. The first kappa shape index (κ1) is 8.92. The molecule has 1 N–H and O–H groups in total. The molecule has 78 valence electrons. The number of aromatic nitrogens is 1. The van der Waals surface area contributed by atoms with Crippen molar-refractivity contribution in [3.63, 3.8) is 0 Å². The Morgan fingerprint density at radius 2 is 2.20 bits per heavy atom. The van der Waals surface area contributed by atoms with Crippen LogP contribution >= 0.6 is 0 Å². The summed E-state index contributed by atoms with van der Waals surface area (Å²) >= 11 is 0. The average molecular weight is 202 g/mol. The predicted octanol–water partition coefficient (Wildman–Crippen LogP) is 2.29. The van der Waals surface area contributed by atoms with Crippen molar-refractivity contribution >= 4 is 11.0 Å². The maximum Gasteiger partial charge on any atom is 0.137 e. The lowest BCUT2D eigenvalue weighted by atomic mass is 9.90. The Bertz CT molecular complexity index is 457. The molecule has 0 atom stereocenters. The summed E-state index contributed by atoms with van der Waals surface area (Å²) in [4.78, 5) is 4.16. The second kappa shape index (κ2) is 3.66. The molecule has 2 aromatic rings. The van der Waals surface area contributed by atoms with Crippen molar-refractivity contribution in [3.8, 4) is 0 Å². The van der Waals surface area contributed by atoms with E-state index in [-0.39, 0.29) is 0 Å². The summed E-state index contributed by atoms with van der Waals surface area (Å²) in [6.07, 6.45) is 7.99. The van der Waals surface area contributed by atoms with Crippen molar-refractivity contribution in [3.05, 3.63) is 30.3 Å². The first-order valence-electron chi connectivity index (χ1n) is 5.47. The summed E-state index contributed by atoms with van der Waals surface area (Å²) in [5.41, 5.74) is 2.29. The fourth-order valence-corrected chi connectivity index (χ4v) is 2.34. The van der Waals surface area contributed by atoms with Gasteiger partial charge in [0.05, 0.1) is 6.26 Å². The third-order valence-corrected chi connectivity index (χ3v) is 3.18. The Kier molecular flexibility index (Phi) is 2.18. The number of nitrogens with one attached hydrogen (secondary N) is 1. The van der Waals surface area contributed by atoms with Gasteiger partial charge in [0, 0.05) is 23.3 Å². The summed E-state index contributed by atoms with van der Waals surface area (Å²) in [7, 11) is 0. The molecule has 1 aliphatic heterocycles. The Labute approximate surface area is 88.5 Å². The second-order valence-corrected chi connectivity index (χ2v) is 4.09. The molecule has 3 rings (SSSR count). The lowest BCUT2D eigenvalue weighted by Crippen LogP contribution is -2.26. The molecule has 0 spiro atoms. The van der Waals surface area contributed by atoms with Gasteiger partial charge in [-0.2, -0.15) is 0 Å². The van der Waals surface area contributed by atoms with Gasteiger partial charge in [0.15, 0.2) is 0 Å². The maximum atomic E-state index is 5.54. The van der Waals surface area contributed by atoms with E-state index < -0.39 is 0 Å². The van der Waals surface area contributed by atoms with E-state index in [2.05, 4.69) is 10.3 Å². The van der Waals surface area contributed by atoms with Crippen LogP contribution in [0.15, 0.2) is 29.1 Å². The van der Waals surface area contributed by atoms with E-state index in [4.69, 9.17) is 4.42 Å². The number of hydrogen-bond acceptors (Lipinski definition) is 3. The highest BCUT2D eigenvalue weighted by Crippen LogP contribution is 2.32. The largest absolute Gasteiger partial charge is 0.464 e. The van der Waals surface area contributed by atoms with Gasteiger partial charge >= 0.3 is 0 Å². The van der Waals surface area contributed by atoms with Crippen LogP contribution in [0.5, 0.6) is 0 Å². The van der Waals surface area contributed by atoms with Gasteiger partial charge in [0.25, 0.3) is 0 Å². The smallest absolute Gasteiger partial charge is 0.137 e. The van der Waals surface area contributed by atoms with Gasteiger partial charge in [-0.25, -0.2) is 0 Å². The molecule has 1 fully saturated rings. The fourth-order valence-electron chi connectivity index (χ4n) is 2.34. The Balaban J connectivity index is 2.02. The van der Waals surface area contributed by atoms with Gasteiger partial charge in [-0.05, 0) is 37.9 Å². The number of nitrogens with zero attached hydrogens (tertiary/aromatic N) is 1. The van der Waals surface area contributed by atoms with E-state index in [1.54, 1.807) is 6.20 Å². The summed E-state index contributed by atoms with van der Waals surface area (Å²) in [5, 5.41) is 4.56. The van der Waals surface area contributed by atoms with E-state index in [9.17, 15) is 0 Å². The molecule has 0 saturated carbocycles. The molecule has 3 heterocycles. The molecule has 2 aromatic heterocycles. The van der Waals surface area contributed by atoms with Crippen LogP contribution in [0.3, 0.4) is 0 Å². The maximum absolute atomic E-state index is 5.54. The Morgan fingerprint density at radius 3 is 3.07 bits per heavy atom. The zero-order chi connectivity index (χ0) is 10.1. The van der Waals surface area contributed by atoms with E-state index >= 15 is 0 Å². The number of fused-ring (bicyclic) bond motifs is 1. The molecule has 0 aliphatic carbocycles. The van der Waals surface area contributed by atoms with E-state index in [0.29, 0.717) is 5.92 Å². The van der Waals surface area contributed by atoms with Crippen molar-refractivity contribution in [1.29, 1.82) is 0 Å². The van der Waals surface area contributed by atoms with Crippen LogP contribution in [-0.2, 0) is 0 Å². The number of rotatable bonds is 1. The van der Waals surface area contributed by atoms with Gasteiger partial charge in [-0.15, -0.1) is 0 Å². The van der Waals surface area contributed by atoms with Gasteiger partial charge in [0.2, 0.25) is 0 Å². The van der Waals surface area contributed by atoms with Crippen LogP contribution in [0, 0.1) is 0 Å². The second-order valence-electron chi connectivity index (χ2n) is 4.09. The molecule has 0 unspecified atom stereocenters. The zero-order valence-electron chi connectivity index (χ0n) is 8.57. The van der Waals surface area contributed by atoms with Crippen LogP contribution in [0.4, 0.5) is 0 Å². The molecule has 3 nitrogen and oxygen atoms in total. The lowest BCUT2D eigenvalue weighted by molar-refractivity contribution is 0.457. The SMILES string of the molecule is c1cc2occ(C3CCNCC3)c2cn1. The third-order valence-electron chi connectivity index (χ3n) is 3.18. The Morgan fingerprint density at radius 1 is 1.33 bits per heavy atom. The molecule has 1 saturated heterocycles. The lowest BCUT2D eigenvalue weighted by Gasteiger charge is -2.21. The minimum atomic E-state index is 0.636. The molecule has 3 heteroatoms. The third kappa shape index (κ3) is 1.53. The summed E-state index contributed by atoms with van der Waals surface area (Å²) in [6.45, 7) is 2.22. The minimum Gasteiger partial charge on any atom is -0.464 e. The summed E-state index contributed by atoms with van der Waals surface area (Å²) in [5.74, 6) is 0.636. The number of pyridine rings is 1. The topological polar surface area (TPSA) is 38.1 Å². The molecule has 0 amide bonds. The van der Waals surface area contributed by atoms with Crippen LogP contribution < -0.4 is 5.32 Å².